The normalized spacial score (nSPS) is 15.0. The number of hydrogen-bond donors (Lipinski definition) is 1. The molecule has 0 unspecified atom stereocenters. The molecule has 2 heterocycles. The van der Waals surface area contributed by atoms with Crippen LogP contribution >= 0.6 is 22.9 Å². The van der Waals surface area contributed by atoms with Crippen molar-refractivity contribution < 1.29 is 17.6 Å². The summed E-state index contributed by atoms with van der Waals surface area (Å²) >= 11 is 6.80. The van der Waals surface area contributed by atoms with Crippen molar-refractivity contribution in [3.05, 3.63) is 75.2 Å². The van der Waals surface area contributed by atoms with Crippen LogP contribution in [0.4, 0.5) is 15.8 Å². The van der Waals surface area contributed by atoms with E-state index >= 15 is 0 Å². The van der Waals surface area contributed by atoms with Gasteiger partial charge in [-0.25, -0.2) is 12.8 Å². The van der Waals surface area contributed by atoms with Gasteiger partial charge in [-0.05, 0) is 54.3 Å². The Morgan fingerprint density at radius 1 is 1.09 bits per heavy atom. The second kappa shape index (κ2) is 9.19. The number of aryl methyl sites for hydroxylation is 1. The van der Waals surface area contributed by atoms with E-state index in [1.54, 1.807) is 5.38 Å². The van der Waals surface area contributed by atoms with Crippen LogP contribution in [0.25, 0.3) is 0 Å². The molecule has 0 bridgehead atoms. The van der Waals surface area contributed by atoms with Gasteiger partial charge >= 0.3 is 0 Å². The number of nitrogens with zero attached hydrogens (tertiary/aromatic N) is 2. The number of carbonyl (C=O) groups is 1. The molecule has 0 radical (unpaired) electrons. The van der Waals surface area contributed by atoms with Crippen molar-refractivity contribution in [3.63, 3.8) is 0 Å². The van der Waals surface area contributed by atoms with Gasteiger partial charge in [0.05, 0.1) is 5.02 Å². The van der Waals surface area contributed by atoms with E-state index in [0.29, 0.717) is 26.2 Å². The fourth-order valence-corrected chi connectivity index (χ4v) is 6.48. The van der Waals surface area contributed by atoms with Gasteiger partial charge in [0.2, 0.25) is 10.0 Å². The summed E-state index contributed by atoms with van der Waals surface area (Å²) in [6.45, 7) is 3.78. The van der Waals surface area contributed by atoms with Crippen molar-refractivity contribution >= 4 is 50.2 Å². The summed E-state index contributed by atoms with van der Waals surface area (Å²) in [5, 5.41) is 4.03. The van der Waals surface area contributed by atoms with E-state index in [0.717, 1.165) is 28.7 Å². The number of thiophene rings is 1. The molecule has 1 amide bonds. The van der Waals surface area contributed by atoms with Crippen LogP contribution in [0.2, 0.25) is 5.02 Å². The molecule has 1 fully saturated rings. The third-order valence-corrected chi connectivity index (χ3v) is 8.51. The fraction of sp³-hybridized carbons (Fsp3) is 0.227. The number of benzene rings is 2. The van der Waals surface area contributed by atoms with Gasteiger partial charge in [-0.2, -0.15) is 4.31 Å². The number of amides is 1. The smallest absolute Gasteiger partial charge is 0.267 e. The third kappa shape index (κ3) is 4.66. The second-order valence-corrected chi connectivity index (χ2v) is 10.7. The van der Waals surface area contributed by atoms with Crippen molar-refractivity contribution in [2.24, 2.45) is 0 Å². The maximum absolute atomic E-state index is 13.4. The Hall–Kier alpha value is -2.46. The quantitative estimate of drug-likeness (QED) is 0.563. The molecule has 168 valence electrons. The Bertz CT molecular complexity index is 1250. The SMILES string of the molecule is Cc1cccc(N2CCN(S(=O)(=O)c3ccsc3C(=O)Nc3ccc(F)c(Cl)c3)CC2)c1. The lowest BCUT2D eigenvalue weighted by Gasteiger charge is -2.35. The fourth-order valence-electron chi connectivity index (χ4n) is 3.58. The minimum absolute atomic E-state index is 0.0304. The summed E-state index contributed by atoms with van der Waals surface area (Å²) in [7, 11) is -3.85. The van der Waals surface area contributed by atoms with E-state index in [9.17, 15) is 17.6 Å². The Morgan fingerprint density at radius 3 is 2.53 bits per heavy atom. The van der Waals surface area contributed by atoms with Gasteiger partial charge in [0.15, 0.2) is 0 Å². The highest BCUT2D eigenvalue weighted by atomic mass is 35.5. The van der Waals surface area contributed by atoms with Crippen LogP contribution in [-0.4, -0.2) is 44.8 Å². The van der Waals surface area contributed by atoms with Crippen molar-refractivity contribution in [2.75, 3.05) is 36.4 Å². The minimum Gasteiger partial charge on any atom is -0.369 e. The number of carbonyl (C=O) groups excluding carboxylic acids is 1. The molecule has 2 aromatic carbocycles. The molecule has 3 aromatic rings. The van der Waals surface area contributed by atoms with E-state index in [1.807, 2.05) is 25.1 Å². The highest BCUT2D eigenvalue weighted by Crippen LogP contribution is 2.28. The number of anilines is 2. The van der Waals surface area contributed by atoms with E-state index in [4.69, 9.17) is 11.6 Å². The van der Waals surface area contributed by atoms with Crippen LogP contribution in [0.3, 0.4) is 0 Å². The molecule has 0 atom stereocenters. The lowest BCUT2D eigenvalue weighted by atomic mass is 10.2. The maximum atomic E-state index is 13.4. The van der Waals surface area contributed by atoms with Crippen molar-refractivity contribution in [1.29, 1.82) is 0 Å². The molecule has 1 aromatic heterocycles. The van der Waals surface area contributed by atoms with Gasteiger partial charge in [-0.3, -0.25) is 4.79 Å². The first-order valence-corrected chi connectivity index (χ1v) is 12.6. The van der Waals surface area contributed by atoms with E-state index < -0.39 is 21.7 Å². The summed E-state index contributed by atoms with van der Waals surface area (Å²) in [4.78, 5) is 15.0. The van der Waals surface area contributed by atoms with Crippen LogP contribution in [0.5, 0.6) is 0 Å². The molecule has 32 heavy (non-hydrogen) atoms. The molecule has 1 N–H and O–H groups in total. The van der Waals surface area contributed by atoms with Crippen molar-refractivity contribution in [2.45, 2.75) is 11.8 Å². The average Bonchev–Trinajstić information content (AvgIpc) is 3.28. The predicted octanol–water partition coefficient (Wildman–Crippen LogP) is 4.61. The Morgan fingerprint density at radius 2 is 1.84 bits per heavy atom. The summed E-state index contributed by atoms with van der Waals surface area (Å²) in [6.07, 6.45) is 0. The van der Waals surface area contributed by atoms with E-state index in [2.05, 4.69) is 16.3 Å². The average molecular weight is 494 g/mol. The number of halogens is 2. The molecule has 0 spiro atoms. The molecule has 0 saturated carbocycles. The van der Waals surface area contributed by atoms with Crippen molar-refractivity contribution in [3.8, 4) is 0 Å². The maximum Gasteiger partial charge on any atom is 0.267 e. The lowest BCUT2D eigenvalue weighted by molar-refractivity contribution is 0.102. The van der Waals surface area contributed by atoms with Gasteiger partial charge in [-0.1, -0.05) is 23.7 Å². The largest absolute Gasteiger partial charge is 0.369 e. The molecular formula is C22H21ClFN3O3S2. The predicted molar refractivity (Wildman–Crippen MR) is 126 cm³/mol. The highest BCUT2D eigenvalue weighted by molar-refractivity contribution is 7.89. The molecule has 10 heteroatoms. The van der Waals surface area contributed by atoms with E-state index in [-0.39, 0.29) is 20.5 Å². The topological polar surface area (TPSA) is 69.7 Å². The molecule has 0 aliphatic carbocycles. The van der Waals surface area contributed by atoms with Gasteiger partial charge in [0, 0.05) is 37.6 Å². The Labute approximate surface area is 195 Å². The van der Waals surface area contributed by atoms with Crippen molar-refractivity contribution in [1.82, 2.24) is 4.31 Å². The first kappa shape index (κ1) is 22.7. The number of sulfonamides is 1. The third-order valence-electron chi connectivity index (χ3n) is 5.24. The first-order chi connectivity index (χ1) is 15.3. The summed E-state index contributed by atoms with van der Waals surface area (Å²) in [6, 6.07) is 13.3. The zero-order valence-corrected chi connectivity index (χ0v) is 19.6. The lowest BCUT2D eigenvalue weighted by Crippen LogP contribution is -2.48. The van der Waals surface area contributed by atoms with Crippen LogP contribution in [0.1, 0.15) is 15.2 Å². The Kier molecular flexibility index (Phi) is 6.52. The number of piperazine rings is 1. The van der Waals surface area contributed by atoms with Crippen LogP contribution in [-0.2, 0) is 10.0 Å². The monoisotopic (exact) mass is 493 g/mol. The van der Waals surface area contributed by atoms with Crippen LogP contribution in [0, 0.1) is 12.7 Å². The molecule has 1 aliphatic heterocycles. The molecular weight excluding hydrogens is 473 g/mol. The zero-order chi connectivity index (χ0) is 22.9. The molecule has 1 aliphatic rings. The zero-order valence-electron chi connectivity index (χ0n) is 17.2. The van der Waals surface area contributed by atoms with Crippen LogP contribution in [0.15, 0.2) is 58.8 Å². The number of nitrogens with one attached hydrogen (secondary N) is 1. The highest BCUT2D eigenvalue weighted by Gasteiger charge is 2.32. The van der Waals surface area contributed by atoms with E-state index in [1.165, 1.54) is 22.5 Å². The summed E-state index contributed by atoms with van der Waals surface area (Å²) < 4.78 is 41.3. The van der Waals surface area contributed by atoms with Gasteiger partial charge < -0.3 is 10.2 Å². The summed E-state index contributed by atoms with van der Waals surface area (Å²) in [5.41, 5.74) is 2.49. The number of rotatable bonds is 5. The second-order valence-electron chi connectivity index (χ2n) is 7.43. The van der Waals surface area contributed by atoms with Gasteiger partial charge in [0.1, 0.15) is 15.6 Å². The first-order valence-electron chi connectivity index (χ1n) is 9.91. The molecule has 6 nitrogen and oxygen atoms in total. The molecule has 4 rings (SSSR count). The number of hydrogen-bond acceptors (Lipinski definition) is 5. The molecule has 1 saturated heterocycles. The minimum atomic E-state index is -3.85. The Balaban J connectivity index is 1.49. The van der Waals surface area contributed by atoms with Crippen LogP contribution < -0.4 is 10.2 Å². The summed E-state index contributed by atoms with van der Waals surface area (Å²) in [5.74, 6) is -1.19. The van der Waals surface area contributed by atoms with Gasteiger partial charge in [0.25, 0.3) is 5.91 Å². The standard InChI is InChI=1S/C22H21ClFN3O3S2/c1-15-3-2-4-17(13-15)26-8-10-27(11-9-26)32(29,30)20-7-12-31-21(20)22(28)25-16-5-6-19(24)18(23)14-16/h2-7,12-14H,8-11H2,1H3,(H,25,28). The van der Waals surface area contributed by atoms with Gasteiger partial charge in [-0.15, -0.1) is 11.3 Å².